The molecule has 0 radical (unpaired) electrons. The van der Waals surface area contributed by atoms with Gasteiger partial charge in [0.05, 0.1) is 17.5 Å². The van der Waals surface area contributed by atoms with Gasteiger partial charge in [0, 0.05) is 23.1 Å². The highest BCUT2D eigenvalue weighted by atomic mass is 19.4. The number of nitrogens with zero attached hydrogens (tertiary/aromatic N) is 2. The summed E-state index contributed by atoms with van der Waals surface area (Å²) in [6, 6.07) is 4.41. The van der Waals surface area contributed by atoms with Crippen molar-refractivity contribution >= 4 is 0 Å². The summed E-state index contributed by atoms with van der Waals surface area (Å²) in [6.45, 7) is 0. The van der Waals surface area contributed by atoms with Crippen LogP contribution in [-0.2, 0) is 12.6 Å². The minimum atomic E-state index is -4.95. The van der Waals surface area contributed by atoms with Crippen LogP contribution in [0.25, 0.3) is 5.69 Å². The molecule has 1 aliphatic rings. The van der Waals surface area contributed by atoms with E-state index in [1.54, 1.807) is 0 Å². The van der Waals surface area contributed by atoms with E-state index in [9.17, 15) is 31.4 Å². The maximum atomic E-state index is 13.7. The van der Waals surface area contributed by atoms with E-state index in [-0.39, 0.29) is 5.69 Å². The van der Waals surface area contributed by atoms with E-state index in [1.165, 1.54) is 6.07 Å². The molecule has 0 spiro atoms. The van der Waals surface area contributed by atoms with Gasteiger partial charge in [0.1, 0.15) is 18.0 Å². The van der Waals surface area contributed by atoms with Gasteiger partial charge in [0.2, 0.25) is 0 Å². The number of benzene rings is 1. The summed E-state index contributed by atoms with van der Waals surface area (Å²) < 4.78 is 80.9. The molecule has 1 aromatic heterocycles. The van der Waals surface area contributed by atoms with Crippen LogP contribution >= 0.6 is 0 Å². The maximum Gasteiger partial charge on any atom is 0.418 e. The average Bonchev–Trinajstić information content (AvgIpc) is 2.95. The molecule has 126 valence electrons. The molecule has 0 saturated heterocycles. The number of aliphatic hydroxyl groups is 1. The standard InChI is InChI=1S/C15H8F6N2O/c16-10-2-1-8(3-7(10)5-22)23-6-9(15(19,20)21)12-11(23)4-14(17,18)13(12)24/h1-3,6,13,24H,4H2. The van der Waals surface area contributed by atoms with Crippen molar-refractivity contribution in [3.8, 4) is 11.8 Å². The monoisotopic (exact) mass is 346 g/mol. The molecule has 0 bridgehead atoms. The lowest BCUT2D eigenvalue weighted by molar-refractivity contribution is -0.142. The Morgan fingerprint density at radius 2 is 1.96 bits per heavy atom. The molecule has 0 aliphatic heterocycles. The van der Waals surface area contributed by atoms with Gasteiger partial charge in [0.15, 0.2) is 0 Å². The highest BCUT2D eigenvalue weighted by molar-refractivity contribution is 5.50. The van der Waals surface area contributed by atoms with E-state index >= 15 is 0 Å². The van der Waals surface area contributed by atoms with Crippen molar-refractivity contribution in [3.05, 3.63) is 52.6 Å². The molecule has 24 heavy (non-hydrogen) atoms. The van der Waals surface area contributed by atoms with E-state index in [1.807, 2.05) is 0 Å². The number of aromatic nitrogens is 1. The summed E-state index contributed by atoms with van der Waals surface area (Å²) in [5, 5.41) is 18.4. The van der Waals surface area contributed by atoms with Gasteiger partial charge in [-0.2, -0.15) is 18.4 Å². The zero-order valence-electron chi connectivity index (χ0n) is 11.7. The molecule has 1 unspecified atom stereocenters. The maximum absolute atomic E-state index is 13.7. The number of hydrogen-bond donors (Lipinski definition) is 1. The molecule has 0 fully saturated rings. The first-order valence-corrected chi connectivity index (χ1v) is 6.63. The average molecular weight is 346 g/mol. The normalized spacial score (nSPS) is 19.2. The quantitative estimate of drug-likeness (QED) is 0.800. The van der Waals surface area contributed by atoms with Crippen LogP contribution in [0.15, 0.2) is 24.4 Å². The topological polar surface area (TPSA) is 49.0 Å². The first-order chi connectivity index (χ1) is 11.1. The summed E-state index contributed by atoms with van der Waals surface area (Å²) in [6.07, 6.45) is -8.06. The van der Waals surface area contributed by atoms with E-state index < -0.39 is 52.8 Å². The third-order valence-corrected chi connectivity index (χ3v) is 3.88. The molecular weight excluding hydrogens is 338 g/mol. The third-order valence-electron chi connectivity index (χ3n) is 3.88. The minimum absolute atomic E-state index is 0.0791. The zero-order valence-corrected chi connectivity index (χ0v) is 11.7. The fourth-order valence-corrected chi connectivity index (χ4v) is 2.78. The third kappa shape index (κ3) is 2.34. The van der Waals surface area contributed by atoms with Crippen molar-refractivity contribution in [2.45, 2.75) is 24.6 Å². The molecule has 2 aromatic rings. The van der Waals surface area contributed by atoms with E-state index in [4.69, 9.17) is 5.26 Å². The van der Waals surface area contributed by atoms with Gasteiger partial charge in [0.25, 0.3) is 5.92 Å². The summed E-state index contributed by atoms with van der Waals surface area (Å²) in [5.74, 6) is -4.63. The number of nitriles is 1. The van der Waals surface area contributed by atoms with Crippen molar-refractivity contribution in [2.24, 2.45) is 0 Å². The molecule has 1 aliphatic carbocycles. The zero-order chi connectivity index (χ0) is 17.9. The highest BCUT2D eigenvalue weighted by Crippen LogP contribution is 2.49. The molecular formula is C15H8F6N2O. The molecule has 1 heterocycles. The second-order valence-electron chi connectivity index (χ2n) is 5.39. The smallest absolute Gasteiger partial charge is 0.382 e. The van der Waals surface area contributed by atoms with Crippen molar-refractivity contribution in [3.63, 3.8) is 0 Å². The minimum Gasteiger partial charge on any atom is -0.382 e. The molecule has 1 N–H and O–H groups in total. The van der Waals surface area contributed by atoms with Crippen LogP contribution in [0.5, 0.6) is 0 Å². The Hall–Kier alpha value is -2.47. The molecule has 9 heteroatoms. The van der Waals surface area contributed by atoms with Crippen LogP contribution in [0.2, 0.25) is 0 Å². The predicted molar refractivity (Wildman–Crippen MR) is 69.1 cm³/mol. The van der Waals surface area contributed by atoms with Crippen LogP contribution in [0.1, 0.15) is 28.5 Å². The van der Waals surface area contributed by atoms with Crippen molar-refractivity contribution in [2.75, 3.05) is 0 Å². The summed E-state index contributed by atoms with van der Waals surface area (Å²) in [5.41, 5.74) is -3.21. The number of aliphatic hydroxyl groups excluding tert-OH is 1. The lowest BCUT2D eigenvalue weighted by atomic mass is 10.1. The number of hydrogen-bond acceptors (Lipinski definition) is 2. The van der Waals surface area contributed by atoms with Crippen LogP contribution in [0.3, 0.4) is 0 Å². The van der Waals surface area contributed by atoms with Crippen molar-refractivity contribution < 1.29 is 31.4 Å². The van der Waals surface area contributed by atoms with Gasteiger partial charge in [-0.1, -0.05) is 0 Å². The Kier molecular flexibility index (Phi) is 3.42. The summed E-state index contributed by atoms with van der Waals surface area (Å²) >= 11 is 0. The second kappa shape index (κ2) is 5.01. The van der Waals surface area contributed by atoms with E-state index in [0.29, 0.717) is 6.20 Å². The lowest BCUT2D eigenvalue weighted by Gasteiger charge is -2.16. The van der Waals surface area contributed by atoms with Crippen LogP contribution < -0.4 is 0 Å². The summed E-state index contributed by atoms with van der Waals surface area (Å²) in [4.78, 5) is 0. The fraction of sp³-hybridized carbons (Fsp3) is 0.267. The molecule has 3 nitrogen and oxygen atoms in total. The van der Waals surface area contributed by atoms with Crippen molar-refractivity contribution in [1.82, 2.24) is 4.57 Å². The van der Waals surface area contributed by atoms with Gasteiger partial charge >= 0.3 is 6.18 Å². The van der Waals surface area contributed by atoms with E-state index in [2.05, 4.69) is 0 Å². The molecule has 3 rings (SSSR count). The molecule has 0 amide bonds. The highest BCUT2D eigenvalue weighted by Gasteiger charge is 2.53. The number of halogens is 6. The fourth-order valence-electron chi connectivity index (χ4n) is 2.78. The molecule has 1 aromatic carbocycles. The lowest BCUT2D eigenvalue weighted by Crippen LogP contribution is -2.23. The SMILES string of the molecule is N#Cc1cc(-n2cc(C(F)(F)F)c3c2CC(F)(F)C3O)ccc1F. The van der Waals surface area contributed by atoms with Gasteiger partial charge < -0.3 is 9.67 Å². The second-order valence-corrected chi connectivity index (χ2v) is 5.39. The summed E-state index contributed by atoms with van der Waals surface area (Å²) in [7, 11) is 0. The first kappa shape index (κ1) is 16.4. The Morgan fingerprint density at radius 3 is 2.54 bits per heavy atom. The molecule has 1 atom stereocenters. The van der Waals surface area contributed by atoms with Gasteiger partial charge in [-0.3, -0.25) is 0 Å². The number of alkyl halides is 5. The van der Waals surface area contributed by atoms with Crippen LogP contribution in [-0.4, -0.2) is 15.6 Å². The number of fused-ring (bicyclic) bond motifs is 1. The predicted octanol–water partition coefficient (Wildman–Crippen LogP) is 3.73. The van der Waals surface area contributed by atoms with Gasteiger partial charge in [-0.15, -0.1) is 0 Å². The molecule has 0 saturated carbocycles. The van der Waals surface area contributed by atoms with Gasteiger partial charge in [-0.05, 0) is 18.2 Å². The Bertz CT molecular complexity index is 862. The van der Waals surface area contributed by atoms with Crippen LogP contribution in [0.4, 0.5) is 26.3 Å². The van der Waals surface area contributed by atoms with Crippen molar-refractivity contribution in [1.29, 1.82) is 5.26 Å². The Labute approximate surface area is 131 Å². The number of rotatable bonds is 1. The van der Waals surface area contributed by atoms with E-state index in [0.717, 1.165) is 22.8 Å². The van der Waals surface area contributed by atoms with Crippen LogP contribution in [0, 0.1) is 17.1 Å². The Morgan fingerprint density at radius 1 is 1.29 bits per heavy atom. The largest absolute Gasteiger partial charge is 0.418 e. The Balaban J connectivity index is 2.26. The first-order valence-electron chi connectivity index (χ1n) is 6.63. The van der Waals surface area contributed by atoms with Gasteiger partial charge in [-0.25, -0.2) is 13.2 Å².